The molecule has 0 aliphatic rings. The molecule has 0 atom stereocenters. The molecule has 0 aliphatic heterocycles. The van der Waals surface area contributed by atoms with Gasteiger partial charge in [-0.2, -0.15) is 4.98 Å². The van der Waals surface area contributed by atoms with Gasteiger partial charge in [-0.3, -0.25) is 0 Å². The molecule has 0 saturated heterocycles. The molecule has 0 fully saturated rings. The van der Waals surface area contributed by atoms with Crippen LogP contribution in [0.4, 0.5) is 5.69 Å². The van der Waals surface area contributed by atoms with E-state index in [9.17, 15) is 0 Å². The third-order valence-electron chi connectivity index (χ3n) is 3.01. The van der Waals surface area contributed by atoms with Gasteiger partial charge in [0.1, 0.15) is 0 Å². The van der Waals surface area contributed by atoms with E-state index in [1.54, 1.807) is 0 Å². The van der Waals surface area contributed by atoms with Crippen molar-refractivity contribution in [2.24, 2.45) is 0 Å². The van der Waals surface area contributed by atoms with E-state index in [0.717, 1.165) is 5.69 Å². The number of hydrogen-bond donors (Lipinski definition) is 1. The van der Waals surface area contributed by atoms with Crippen molar-refractivity contribution in [3.63, 3.8) is 0 Å². The van der Waals surface area contributed by atoms with Crippen LogP contribution in [0.1, 0.15) is 11.7 Å². The zero-order valence-electron chi connectivity index (χ0n) is 11.2. The van der Waals surface area contributed by atoms with Crippen LogP contribution in [-0.4, -0.2) is 10.1 Å². The Hall–Kier alpha value is -2.62. The van der Waals surface area contributed by atoms with Crippen molar-refractivity contribution in [3.8, 4) is 11.1 Å². The minimum absolute atomic E-state index is 0.533. The Balaban J connectivity index is 1.67. The minimum atomic E-state index is 0.533. The first-order valence-corrected chi connectivity index (χ1v) is 6.50. The van der Waals surface area contributed by atoms with Crippen LogP contribution in [0.25, 0.3) is 11.1 Å². The number of aromatic nitrogens is 2. The van der Waals surface area contributed by atoms with Crippen molar-refractivity contribution in [2.45, 2.75) is 13.5 Å². The van der Waals surface area contributed by atoms with Gasteiger partial charge < -0.3 is 9.84 Å². The largest absolute Gasteiger partial charge is 0.376 e. The lowest BCUT2D eigenvalue weighted by Gasteiger charge is -2.05. The lowest BCUT2D eigenvalue weighted by atomic mass is 10.1. The summed E-state index contributed by atoms with van der Waals surface area (Å²) in [5, 5.41) is 7.01. The first-order valence-electron chi connectivity index (χ1n) is 6.50. The summed E-state index contributed by atoms with van der Waals surface area (Å²) < 4.78 is 5.06. The Morgan fingerprint density at radius 3 is 2.30 bits per heavy atom. The maximum atomic E-state index is 5.06. The van der Waals surface area contributed by atoms with E-state index >= 15 is 0 Å². The molecular weight excluding hydrogens is 250 g/mol. The maximum Gasteiger partial charge on any atom is 0.245 e. The molecule has 4 nitrogen and oxygen atoms in total. The number of benzene rings is 2. The second kappa shape index (κ2) is 5.57. The van der Waals surface area contributed by atoms with Crippen LogP contribution in [-0.2, 0) is 6.54 Å². The van der Waals surface area contributed by atoms with Crippen LogP contribution in [0, 0.1) is 6.92 Å². The summed E-state index contributed by atoms with van der Waals surface area (Å²) in [5.74, 6) is 1.25. The molecule has 1 heterocycles. The van der Waals surface area contributed by atoms with Gasteiger partial charge in [0.05, 0.1) is 6.54 Å². The summed E-state index contributed by atoms with van der Waals surface area (Å²) in [4.78, 5) is 4.15. The lowest BCUT2D eigenvalue weighted by Crippen LogP contribution is -1.99. The molecule has 0 saturated carbocycles. The zero-order chi connectivity index (χ0) is 13.8. The van der Waals surface area contributed by atoms with Gasteiger partial charge in [0.15, 0.2) is 5.82 Å². The molecule has 100 valence electrons. The second-order valence-electron chi connectivity index (χ2n) is 4.53. The van der Waals surface area contributed by atoms with Crippen LogP contribution in [0.2, 0.25) is 0 Å². The van der Waals surface area contributed by atoms with Crippen molar-refractivity contribution >= 4 is 5.69 Å². The number of hydrogen-bond acceptors (Lipinski definition) is 4. The van der Waals surface area contributed by atoms with Gasteiger partial charge in [0.2, 0.25) is 5.89 Å². The normalized spacial score (nSPS) is 10.4. The molecule has 0 bridgehead atoms. The molecule has 0 amide bonds. The van der Waals surface area contributed by atoms with Crippen molar-refractivity contribution in [2.75, 3.05) is 5.32 Å². The Labute approximate surface area is 117 Å². The smallest absolute Gasteiger partial charge is 0.245 e. The van der Waals surface area contributed by atoms with E-state index in [0.29, 0.717) is 18.3 Å². The summed E-state index contributed by atoms with van der Waals surface area (Å²) in [6, 6.07) is 18.6. The summed E-state index contributed by atoms with van der Waals surface area (Å²) in [6.45, 7) is 2.34. The highest BCUT2D eigenvalue weighted by Crippen LogP contribution is 2.21. The molecule has 3 rings (SSSR count). The average molecular weight is 265 g/mol. The molecule has 0 radical (unpaired) electrons. The highest BCUT2D eigenvalue weighted by Gasteiger charge is 2.02. The number of aryl methyl sites for hydroxylation is 1. The van der Waals surface area contributed by atoms with Gasteiger partial charge in [-0.25, -0.2) is 0 Å². The van der Waals surface area contributed by atoms with Crippen LogP contribution >= 0.6 is 0 Å². The van der Waals surface area contributed by atoms with Crippen molar-refractivity contribution in [1.29, 1.82) is 0 Å². The first-order chi connectivity index (χ1) is 9.81. The van der Waals surface area contributed by atoms with E-state index in [4.69, 9.17) is 4.52 Å². The van der Waals surface area contributed by atoms with Gasteiger partial charge >= 0.3 is 0 Å². The van der Waals surface area contributed by atoms with Crippen LogP contribution < -0.4 is 5.32 Å². The fourth-order valence-electron chi connectivity index (χ4n) is 2.00. The predicted octanol–water partition coefficient (Wildman–Crippen LogP) is 3.66. The molecule has 1 aromatic heterocycles. The molecule has 2 aromatic carbocycles. The highest BCUT2D eigenvalue weighted by atomic mass is 16.5. The fourth-order valence-corrected chi connectivity index (χ4v) is 2.00. The number of nitrogens with one attached hydrogen (secondary N) is 1. The summed E-state index contributed by atoms with van der Waals surface area (Å²) >= 11 is 0. The van der Waals surface area contributed by atoms with Crippen molar-refractivity contribution in [1.82, 2.24) is 10.1 Å². The highest BCUT2D eigenvalue weighted by molar-refractivity contribution is 5.65. The maximum absolute atomic E-state index is 5.06. The molecule has 3 aromatic rings. The molecule has 20 heavy (non-hydrogen) atoms. The van der Waals surface area contributed by atoms with E-state index in [1.807, 2.05) is 37.3 Å². The number of rotatable bonds is 4. The quantitative estimate of drug-likeness (QED) is 0.782. The van der Waals surface area contributed by atoms with Crippen molar-refractivity contribution in [3.05, 3.63) is 66.3 Å². The average Bonchev–Trinajstić information content (AvgIpc) is 2.92. The zero-order valence-corrected chi connectivity index (χ0v) is 11.2. The van der Waals surface area contributed by atoms with E-state index < -0.39 is 0 Å². The van der Waals surface area contributed by atoms with E-state index in [-0.39, 0.29) is 0 Å². The van der Waals surface area contributed by atoms with Gasteiger partial charge in [0.25, 0.3) is 0 Å². The summed E-state index contributed by atoms with van der Waals surface area (Å²) in [6.07, 6.45) is 0. The molecule has 4 heteroatoms. The van der Waals surface area contributed by atoms with Gasteiger partial charge in [-0.05, 0) is 30.2 Å². The third-order valence-corrected chi connectivity index (χ3v) is 3.01. The van der Waals surface area contributed by atoms with E-state index in [1.165, 1.54) is 11.1 Å². The minimum Gasteiger partial charge on any atom is -0.376 e. The molecule has 1 N–H and O–H groups in total. The third kappa shape index (κ3) is 2.85. The number of nitrogens with zero attached hydrogens (tertiary/aromatic N) is 2. The van der Waals surface area contributed by atoms with Crippen LogP contribution in [0.15, 0.2) is 59.1 Å². The Kier molecular flexibility index (Phi) is 3.46. The fraction of sp³-hybridized carbons (Fsp3) is 0.125. The topological polar surface area (TPSA) is 51.0 Å². The van der Waals surface area contributed by atoms with Gasteiger partial charge in [-0.1, -0.05) is 47.6 Å². The van der Waals surface area contributed by atoms with Crippen LogP contribution in [0.5, 0.6) is 0 Å². The second-order valence-corrected chi connectivity index (χ2v) is 4.53. The lowest BCUT2D eigenvalue weighted by molar-refractivity contribution is 0.379. The molecule has 0 spiro atoms. The Morgan fingerprint density at radius 2 is 1.65 bits per heavy atom. The van der Waals surface area contributed by atoms with Crippen LogP contribution in [0.3, 0.4) is 0 Å². The SMILES string of the molecule is Cc1noc(CNc2ccc(-c3ccccc3)cc2)n1. The number of anilines is 1. The summed E-state index contributed by atoms with van der Waals surface area (Å²) in [7, 11) is 0. The molecular formula is C16H15N3O. The molecule has 0 unspecified atom stereocenters. The van der Waals surface area contributed by atoms with Gasteiger partial charge in [-0.15, -0.1) is 0 Å². The van der Waals surface area contributed by atoms with Gasteiger partial charge in [0, 0.05) is 5.69 Å². The standard InChI is InChI=1S/C16H15N3O/c1-12-18-16(20-19-12)11-17-15-9-7-14(8-10-15)13-5-3-2-4-6-13/h2-10,17H,11H2,1H3. The monoisotopic (exact) mass is 265 g/mol. The Bertz CT molecular complexity index is 674. The summed E-state index contributed by atoms with van der Waals surface area (Å²) in [5.41, 5.74) is 3.44. The first kappa shape index (κ1) is 12.4. The molecule has 0 aliphatic carbocycles. The van der Waals surface area contributed by atoms with Crippen molar-refractivity contribution < 1.29 is 4.52 Å². The van der Waals surface area contributed by atoms with E-state index in [2.05, 4.69) is 39.7 Å². The Morgan fingerprint density at radius 1 is 0.950 bits per heavy atom. The predicted molar refractivity (Wildman–Crippen MR) is 78.2 cm³/mol.